The number of hydrogen-bond donors (Lipinski definition) is 2. The van der Waals surface area contributed by atoms with Crippen LogP contribution in [0.15, 0.2) is 23.2 Å². The Morgan fingerprint density at radius 2 is 1.94 bits per heavy atom. The number of piperazine rings is 1. The molecule has 3 rings (SSSR count). The number of aliphatic imine (C=N–C) groups is 1. The zero-order valence-electron chi connectivity index (χ0n) is 18.9. The monoisotopic (exact) mass is 550 g/mol. The van der Waals surface area contributed by atoms with E-state index in [1.807, 2.05) is 4.90 Å². The van der Waals surface area contributed by atoms with Gasteiger partial charge in [0.05, 0.1) is 5.69 Å². The molecule has 0 amide bonds. The molecule has 0 bridgehead atoms. The molecule has 2 unspecified atom stereocenters. The lowest BCUT2D eigenvalue weighted by Gasteiger charge is -2.33. The van der Waals surface area contributed by atoms with Crippen LogP contribution in [0.4, 0.5) is 14.5 Å². The van der Waals surface area contributed by atoms with E-state index in [9.17, 15) is 8.78 Å². The molecule has 0 aromatic heterocycles. The molecule has 2 atom stereocenters. The molecular formula is C22H37F2IN6. The van der Waals surface area contributed by atoms with Crippen molar-refractivity contribution in [1.29, 1.82) is 0 Å². The topological polar surface area (TPSA) is 46.1 Å². The molecule has 0 saturated carbocycles. The number of nitrogens with zero attached hydrogens (tertiary/aromatic N) is 4. The van der Waals surface area contributed by atoms with Gasteiger partial charge in [0.2, 0.25) is 0 Å². The van der Waals surface area contributed by atoms with Crippen LogP contribution in [0, 0.1) is 17.6 Å². The van der Waals surface area contributed by atoms with Gasteiger partial charge in [-0.05, 0) is 38.4 Å². The average Bonchev–Trinajstić information content (AvgIpc) is 3.16. The Labute approximate surface area is 202 Å². The highest BCUT2D eigenvalue weighted by Crippen LogP contribution is 2.24. The first-order chi connectivity index (χ1) is 14.4. The number of guanidine groups is 1. The van der Waals surface area contributed by atoms with Crippen molar-refractivity contribution in [2.45, 2.75) is 26.3 Å². The van der Waals surface area contributed by atoms with Gasteiger partial charge in [-0.2, -0.15) is 0 Å². The molecule has 9 heteroatoms. The third-order valence-corrected chi connectivity index (χ3v) is 5.85. The van der Waals surface area contributed by atoms with Crippen molar-refractivity contribution >= 4 is 35.6 Å². The molecule has 2 saturated heterocycles. The van der Waals surface area contributed by atoms with E-state index in [0.29, 0.717) is 18.2 Å². The molecule has 0 spiro atoms. The highest BCUT2D eigenvalue weighted by atomic mass is 127. The van der Waals surface area contributed by atoms with Crippen LogP contribution >= 0.6 is 24.0 Å². The van der Waals surface area contributed by atoms with Gasteiger partial charge in [-0.1, -0.05) is 6.92 Å². The first kappa shape index (κ1) is 26.1. The number of nitrogens with one attached hydrogen (secondary N) is 2. The van der Waals surface area contributed by atoms with Crippen molar-refractivity contribution in [3.63, 3.8) is 0 Å². The van der Waals surface area contributed by atoms with E-state index < -0.39 is 11.6 Å². The Balaban J connectivity index is 0.00000341. The summed E-state index contributed by atoms with van der Waals surface area (Å²) in [7, 11) is 2.17. The second-order valence-electron chi connectivity index (χ2n) is 8.60. The van der Waals surface area contributed by atoms with Crippen molar-refractivity contribution in [2.24, 2.45) is 10.9 Å². The maximum absolute atomic E-state index is 14.1. The summed E-state index contributed by atoms with van der Waals surface area (Å²) in [4.78, 5) is 11.7. The largest absolute Gasteiger partial charge is 0.367 e. The summed E-state index contributed by atoms with van der Waals surface area (Å²) in [5.41, 5.74) is 0.462. The normalized spacial score (nSPS) is 21.6. The van der Waals surface area contributed by atoms with Crippen molar-refractivity contribution < 1.29 is 8.78 Å². The maximum Gasteiger partial charge on any atom is 0.191 e. The number of anilines is 1. The van der Waals surface area contributed by atoms with Gasteiger partial charge in [-0.25, -0.2) is 8.78 Å². The third kappa shape index (κ3) is 8.02. The summed E-state index contributed by atoms with van der Waals surface area (Å²) in [6.45, 7) is 12.9. The Morgan fingerprint density at radius 3 is 2.61 bits per heavy atom. The number of likely N-dealkylation sites (N-methyl/N-ethyl adjacent to an activating group) is 1. The van der Waals surface area contributed by atoms with E-state index in [1.165, 1.54) is 12.1 Å². The van der Waals surface area contributed by atoms with E-state index in [0.717, 1.165) is 70.8 Å². The molecule has 2 aliphatic heterocycles. The first-order valence-corrected chi connectivity index (χ1v) is 11.1. The predicted octanol–water partition coefficient (Wildman–Crippen LogP) is 2.60. The Morgan fingerprint density at radius 1 is 1.19 bits per heavy atom. The molecule has 176 valence electrons. The minimum absolute atomic E-state index is 0. The quantitative estimate of drug-likeness (QED) is 0.311. The van der Waals surface area contributed by atoms with Gasteiger partial charge in [0, 0.05) is 71.0 Å². The van der Waals surface area contributed by atoms with Gasteiger partial charge in [-0.3, -0.25) is 4.99 Å². The van der Waals surface area contributed by atoms with E-state index in [2.05, 4.69) is 41.3 Å². The molecule has 2 fully saturated rings. The van der Waals surface area contributed by atoms with Crippen LogP contribution in [0.1, 0.15) is 20.3 Å². The Kier molecular flexibility index (Phi) is 10.7. The molecule has 1 aromatic carbocycles. The summed E-state index contributed by atoms with van der Waals surface area (Å²) in [5, 5.41) is 6.82. The molecular weight excluding hydrogens is 513 g/mol. The molecule has 2 N–H and O–H groups in total. The number of benzene rings is 1. The van der Waals surface area contributed by atoms with Gasteiger partial charge in [0.25, 0.3) is 0 Å². The van der Waals surface area contributed by atoms with Crippen LogP contribution in [-0.4, -0.2) is 87.8 Å². The number of hydrogen-bond acceptors (Lipinski definition) is 4. The minimum Gasteiger partial charge on any atom is -0.367 e. The summed E-state index contributed by atoms with van der Waals surface area (Å²) >= 11 is 0. The van der Waals surface area contributed by atoms with Crippen molar-refractivity contribution in [3.8, 4) is 0 Å². The van der Waals surface area contributed by atoms with E-state index in [-0.39, 0.29) is 30.0 Å². The van der Waals surface area contributed by atoms with Crippen LogP contribution < -0.4 is 15.5 Å². The summed E-state index contributed by atoms with van der Waals surface area (Å²) in [6.07, 6.45) is 0.887. The van der Waals surface area contributed by atoms with E-state index in [1.54, 1.807) is 0 Å². The second kappa shape index (κ2) is 12.7. The third-order valence-electron chi connectivity index (χ3n) is 5.85. The lowest BCUT2D eigenvalue weighted by atomic mass is 10.1. The lowest BCUT2D eigenvalue weighted by Crippen LogP contribution is -2.46. The second-order valence-corrected chi connectivity index (χ2v) is 8.60. The standard InChI is InChI=1S/C22H36F2N6.HI/c1-4-25-22(26-14-17(2)15-29-11-9-28(3)10-12-29)27-19-7-8-30(16-19)21-6-5-18(23)13-20(21)24;/h5-6,13,17,19H,4,7-12,14-16H2,1-3H3,(H2,25,26,27);1H. The van der Waals surface area contributed by atoms with Gasteiger partial charge < -0.3 is 25.3 Å². The summed E-state index contributed by atoms with van der Waals surface area (Å²) in [5.74, 6) is 0.248. The fourth-order valence-electron chi connectivity index (χ4n) is 4.12. The minimum atomic E-state index is -0.544. The van der Waals surface area contributed by atoms with Gasteiger partial charge in [-0.15, -0.1) is 24.0 Å². The fraction of sp³-hybridized carbons (Fsp3) is 0.682. The van der Waals surface area contributed by atoms with Gasteiger partial charge >= 0.3 is 0 Å². The Hall–Kier alpha value is -1.20. The Bertz CT molecular complexity index is 711. The molecule has 2 aliphatic rings. The lowest BCUT2D eigenvalue weighted by molar-refractivity contribution is 0.140. The van der Waals surface area contributed by atoms with Crippen molar-refractivity contribution in [3.05, 3.63) is 29.8 Å². The smallest absolute Gasteiger partial charge is 0.191 e. The molecule has 0 radical (unpaired) electrons. The molecule has 6 nitrogen and oxygen atoms in total. The molecule has 1 aromatic rings. The van der Waals surface area contributed by atoms with Crippen LogP contribution in [0.3, 0.4) is 0 Å². The predicted molar refractivity (Wildman–Crippen MR) is 135 cm³/mol. The first-order valence-electron chi connectivity index (χ1n) is 11.1. The van der Waals surface area contributed by atoms with Crippen molar-refractivity contribution in [1.82, 2.24) is 20.4 Å². The van der Waals surface area contributed by atoms with Gasteiger partial charge in [0.1, 0.15) is 11.6 Å². The van der Waals surface area contributed by atoms with Crippen molar-refractivity contribution in [2.75, 3.05) is 70.9 Å². The zero-order valence-corrected chi connectivity index (χ0v) is 21.2. The SMILES string of the molecule is CCNC(=NCC(C)CN1CCN(C)CC1)NC1CCN(c2ccc(F)cc2F)C1.I. The van der Waals surface area contributed by atoms with E-state index >= 15 is 0 Å². The molecule has 0 aliphatic carbocycles. The number of halogens is 3. The molecule has 31 heavy (non-hydrogen) atoms. The summed E-state index contributed by atoms with van der Waals surface area (Å²) < 4.78 is 27.3. The molecule has 2 heterocycles. The fourth-order valence-corrected chi connectivity index (χ4v) is 4.12. The highest BCUT2D eigenvalue weighted by Gasteiger charge is 2.25. The maximum atomic E-state index is 14.1. The van der Waals surface area contributed by atoms with E-state index in [4.69, 9.17) is 4.99 Å². The van der Waals surface area contributed by atoms with Crippen LogP contribution in [0.5, 0.6) is 0 Å². The zero-order chi connectivity index (χ0) is 21.5. The van der Waals surface area contributed by atoms with Crippen LogP contribution in [-0.2, 0) is 0 Å². The van der Waals surface area contributed by atoms with Gasteiger partial charge in [0.15, 0.2) is 5.96 Å². The van der Waals surface area contributed by atoms with Crippen LogP contribution in [0.2, 0.25) is 0 Å². The number of rotatable bonds is 7. The average molecular weight is 550 g/mol. The summed E-state index contributed by atoms with van der Waals surface area (Å²) in [6, 6.07) is 3.96. The van der Waals surface area contributed by atoms with Crippen LogP contribution in [0.25, 0.3) is 0 Å². The highest BCUT2D eigenvalue weighted by molar-refractivity contribution is 14.0.